The van der Waals surface area contributed by atoms with Crippen molar-refractivity contribution in [3.05, 3.63) is 29.8 Å². The molecule has 1 unspecified atom stereocenters. The highest BCUT2D eigenvalue weighted by molar-refractivity contribution is 8.13. The maximum absolute atomic E-state index is 11.0. The Balaban J connectivity index is 3.23. The lowest BCUT2D eigenvalue weighted by molar-refractivity contribution is 0.563. The van der Waals surface area contributed by atoms with Crippen molar-refractivity contribution in [2.75, 3.05) is 0 Å². The van der Waals surface area contributed by atoms with Gasteiger partial charge in [-0.05, 0) is 11.6 Å². The molecular formula is C7H7ClO4S2. The molecule has 0 bridgehead atoms. The van der Waals surface area contributed by atoms with E-state index in [4.69, 9.17) is 15.2 Å². The summed E-state index contributed by atoms with van der Waals surface area (Å²) in [5, 5.41) is 0. The zero-order chi connectivity index (χ0) is 10.8. The molecule has 0 radical (unpaired) electrons. The molecule has 0 heterocycles. The minimum atomic E-state index is -3.85. The van der Waals surface area contributed by atoms with Crippen molar-refractivity contribution >= 4 is 30.8 Å². The minimum absolute atomic E-state index is 0.121. The van der Waals surface area contributed by atoms with Gasteiger partial charge in [0.25, 0.3) is 9.05 Å². The van der Waals surface area contributed by atoms with Gasteiger partial charge in [0.1, 0.15) is 0 Å². The molecule has 0 spiro atoms. The molecule has 0 amide bonds. The summed E-state index contributed by atoms with van der Waals surface area (Å²) in [6.07, 6.45) is 0. The monoisotopic (exact) mass is 254 g/mol. The van der Waals surface area contributed by atoms with Gasteiger partial charge >= 0.3 is 0 Å². The second-order valence-electron chi connectivity index (χ2n) is 2.51. The molecule has 1 aromatic rings. The van der Waals surface area contributed by atoms with Gasteiger partial charge in [0.2, 0.25) is 0 Å². The zero-order valence-electron chi connectivity index (χ0n) is 6.88. The van der Waals surface area contributed by atoms with Crippen LogP contribution in [0.25, 0.3) is 0 Å². The molecule has 14 heavy (non-hydrogen) atoms. The summed E-state index contributed by atoms with van der Waals surface area (Å²) in [7, 11) is 1.29. The first-order valence-corrected chi connectivity index (χ1v) is 7.10. The highest BCUT2D eigenvalue weighted by Crippen LogP contribution is 2.20. The molecule has 4 nitrogen and oxygen atoms in total. The van der Waals surface area contributed by atoms with E-state index in [-0.39, 0.29) is 16.2 Å². The average molecular weight is 255 g/mol. The van der Waals surface area contributed by atoms with Crippen LogP contribution in [0.1, 0.15) is 5.56 Å². The van der Waals surface area contributed by atoms with Gasteiger partial charge in [-0.25, -0.2) is 12.6 Å². The Morgan fingerprint density at radius 2 is 1.93 bits per heavy atom. The first-order valence-electron chi connectivity index (χ1n) is 3.51. The molecule has 0 aliphatic heterocycles. The standard InChI is InChI=1S/C7H7ClO4S2/c8-14(11,12)7-4-2-1-3-6(7)5-13(9)10/h1-4H,5H2,(H,9,10). The molecule has 1 atom stereocenters. The van der Waals surface area contributed by atoms with Gasteiger partial charge in [0.05, 0.1) is 10.6 Å². The molecule has 1 N–H and O–H groups in total. The third-order valence-electron chi connectivity index (χ3n) is 1.51. The van der Waals surface area contributed by atoms with Crippen molar-refractivity contribution in [1.29, 1.82) is 0 Å². The van der Waals surface area contributed by atoms with Gasteiger partial charge in [-0.2, -0.15) is 0 Å². The number of benzene rings is 1. The maximum Gasteiger partial charge on any atom is 0.261 e. The topological polar surface area (TPSA) is 71.4 Å². The third-order valence-corrected chi connectivity index (χ3v) is 3.49. The summed E-state index contributed by atoms with van der Waals surface area (Å²) in [6.45, 7) is 0. The Kier molecular flexibility index (Phi) is 3.65. The van der Waals surface area contributed by atoms with E-state index >= 15 is 0 Å². The largest absolute Gasteiger partial charge is 0.306 e. The van der Waals surface area contributed by atoms with Crippen molar-refractivity contribution in [3.8, 4) is 0 Å². The fourth-order valence-corrected chi connectivity index (χ4v) is 2.75. The minimum Gasteiger partial charge on any atom is -0.306 e. The highest BCUT2D eigenvalue weighted by Gasteiger charge is 2.15. The summed E-state index contributed by atoms with van der Waals surface area (Å²) >= 11 is -2.08. The van der Waals surface area contributed by atoms with Gasteiger partial charge < -0.3 is 4.55 Å². The van der Waals surface area contributed by atoms with Crippen molar-refractivity contribution in [2.24, 2.45) is 0 Å². The molecule has 0 saturated carbocycles. The third kappa shape index (κ3) is 3.06. The quantitative estimate of drug-likeness (QED) is 0.653. The van der Waals surface area contributed by atoms with E-state index in [9.17, 15) is 12.6 Å². The summed E-state index contributed by atoms with van der Waals surface area (Å²) in [5.41, 5.74) is 0.239. The molecule has 0 aliphatic rings. The Labute approximate surface area is 88.6 Å². The average Bonchev–Trinajstić information content (AvgIpc) is 2.01. The van der Waals surface area contributed by atoms with E-state index in [2.05, 4.69) is 0 Å². The Hall–Kier alpha value is -0.430. The van der Waals surface area contributed by atoms with Crippen LogP contribution in [0.2, 0.25) is 0 Å². The second kappa shape index (κ2) is 4.39. The molecule has 0 aliphatic carbocycles. The molecule has 1 aromatic carbocycles. The van der Waals surface area contributed by atoms with Crippen LogP contribution >= 0.6 is 10.7 Å². The summed E-state index contributed by atoms with van der Waals surface area (Å²) < 4.78 is 41.2. The number of halogens is 1. The molecular weight excluding hydrogens is 248 g/mol. The predicted octanol–water partition coefficient (Wildman–Crippen LogP) is 1.34. The first-order chi connectivity index (χ1) is 6.41. The summed E-state index contributed by atoms with van der Waals surface area (Å²) in [5.74, 6) is -0.248. The maximum atomic E-state index is 11.0. The van der Waals surface area contributed by atoms with E-state index < -0.39 is 20.1 Å². The summed E-state index contributed by atoms with van der Waals surface area (Å²) in [6, 6.07) is 5.82. The van der Waals surface area contributed by atoms with Crippen LogP contribution in [0.4, 0.5) is 0 Å². The second-order valence-corrected chi connectivity index (χ2v) is 5.98. The lowest BCUT2D eigenvalue weighted by Gasteiger charge is -2.03. The van der Waals surface area contributed by atoms with Gasteiger partial charge in [0.15, 0.2) is 11.1 Å². The van der Waals surface area contributed by atoms with Crippen LogP contribution in [0.5, 0.6) is 0 Å². The fourth-order valence-electron chi connectivity index (χ4n) is 0.994. The van der Waals surface area contributed by atoms with Crippen LogP contribution in [0.15, 0.2) is 29.2 Å². The lowest BCUT2D eigenvalue weighted by Crippen LogP contribution is -2.00. The lowest BCUT2D eigenvalue weighted by atomic mass is 10.2. The van der Waals surface area contributed by atoms with E-state index in [1.54, 1.807) is 6.07 Å². The van der Waals surface area contributed by atoms with Gasteiger partial charge in [0, 0.05) is 10.7 Å². The normalized spacial score (nSPS) is 13.9. The SMILES string of the molecule is O=S(O)Cc1ccccc1S(=O)(=O)Cl. The Morgan fingerprint density at radius 1 is 1.36 bits per heavy atom. The van der Waals surface area contributed by atoms with Gasteiger partial charge in [-0.1, -0.05) is 18.2 Å². The van der Waals surface area contributed by atoms with Crippen molar-refractivity contribution in [2.45, 2.75) is 10.6 Å². The smallest absolute Gasteiger partial charge is 0.261 e. The summed E-state index contributed by atoms with van der Waals surface area (Å²) in [4.78, 5) is -0.121. The van der Waals surface area contributed by atoms with Crippen LogP contribution in [0.3, 0.4) is 0 Å². The predicted molar refractivity (Wildman–Crippen MR) is 54.0 cm³/mol. The van der Waals surface area contributed by atoms with E-state index in [1.165, 1.54) is 18.2 Å². The van der Waals surface area contributed by atoms with Crippen LogP contribution in [0, 0.1) is 0 Å². The van der Waals surface area contributed by atoms with Crippen molar-refractivity contribution in [1.82, 2.24) is 0 Å². The number of hydrogen-bond acceptors (Lipinski definition) is 3. The van der Waals surface area contributed by atoms with Gasteiger partial charge in [-0.15, -0.1) is 0 Å². The van der Waals surface area contributed by atoms with Crippen LogP contribution < -0.4 is 0 Å². The Bertz CT molecular complexity index is 455. The number of hydrogen-bond donors (Lipinski definition) is 1. The zero-order valence-corrected chi connectivity index (χ0v) is 9.27. The fraction of sp³-hybridized carbons (Fsp3) is 0.143. The molecule has 0 fully saturated rings. The van der Waals surface area contributed by atoms with Crippen LogP contribution in [-0.4, -0.2) is 17.2 Å². The van der Waals surface area contributed by atoms with Crippen molar-refractivity contribution < 1.29 is 17.2 Å². The highest BCUT2D eigenvalue weighted by atomic mass is 35.7. The van der Waals surface area contributed by atoms with Crippen molar-refractivity contribution in [3.63, 3.8) is 0 Å². The molecule has 78 valence electrons. The van der Waals surface area contributed by atoms with E-state index in [0.29, 0.717) is 0 Å². The van der Waals surface area contributed by atoms with E-state index in [0.717, 1.165) is 0 Å². The number of rotatable bonds is 3. The molecule has 1 rings (SSSR count). The molecule has 0 aromatic heterocycles. The molecule has 7 heteroatoms. The molecule has 0 saturated heterocycles. The Morgan fingerprint density at radius 3 is 2.43 bits per heavy atom. The van der Waals surface area contributed by atoms with Crippen LogP contribution in [-0.2, 0) is 25.9 Å². The van der Waals surface area contributed by atoms with E-state index in [1.807, 2.05) is 0 Å². The first kappa shape index (κ1) is 11.6. The van der Waals surface area contributed by atoms with Gasteiger partial charge in [-0.3, -0.25) is 0 Å².